The Morgan fingerprint density at radius 1 is 0.906 bits per heavy atom. The average Bonchev–Trinajstić information content (AvgIpc) is 2.73. The second-order valence-corrected chi connectivity index (χ2v) is 7.43. The Kier molecular flexibility index (Phi) is 7.88. The van der Waals surface area contributed by atoms with Crippen LogP contribution >= 0.6 is 0 Å². The molecule has 0 fully saturated rings. The van der Waals surface area contributed by atoms with Crippen molar-refractivity contribution in [2.24, 2.45) is 0 Å². The summed E-state index contributed by atoms with van der Waals surface area (Å²) in [6, 6.07) is 17.5. The molecule has 0 aliphatic rings. The molecular weight excluding hydrogens is 419 g/mol. The largest absolute Gasteiger partial charge is 0.573 e. The van der Waals surface area contributed by atoms with Gasteiger partial charge in [-0.2, -0.15) is 4.98 Å². The van der Waals surface area contributed by atoms with Crippen LogP contribution in [0.15, 0.2) is 60.7 Å². The van der Waals surface area contributed by atoms with Crippen LogP contribution in [0.2, 0.25) is 0 Å². The fourth-order valence-electron chi connectivity index (χ4n) is 2.99. The number of rotatable bonds is 10. The van der Waals surface area contributed by atoms with E-state index < -0.39 is 6.36 Å². The summed E-state index contributed by atoms with van der Waals surface area (Å²) >= 11 is 0. The summed E-state index contributed by atoms with van der Waals surface area (Å²) in [6.45, 7) is 2.05. The van der Waals surface area contributed by atoms with Crippen molar-refractivity contribution in [2.75, 3.05) is 44.4 Å². The standard InChI is InChI=1S/C23H26F3N5O/c1-31(2)14-13-28-22-29-20(18-9-6-10-19(15-18)32-23(24,25)26)16-21(30-22)27-12-11-17-7-4-3-5-8-17/h3-10,15-16H,11-14H2,1-2H3,(H2,27,28,29,30). The van der Waals surface area contributed by atoms with Gasteiger partial charge < -0.3 is 20.3 Å². The molecule has 0 bridgehead atoms. The lowest BCUT2D eigenvalue weighted by Gasteiger charge is -2.14. The van der Waals surface area contributed by atoms with Gasteiger partial charge in [-0.3, -0.25) is 0 Å². The van der Waals surface area contributed by atoms with Gasteiger partial charge in [0, 0.05) is 31.3 Å². The Balaban J connectivity index is 1.80. The first-order valence-electron chi connectivity index (χ1n) is 10.2. The van der Waals surface area contributed by atoms with Crippen LogP contribution in [-0.4, -0.2) is 55.0 Å². The summed E-state index contributed by atoms with van der Waals surface area (Å²) in [6.07, 6.45) is -3.95. The normalized spacial score (nSPS) is 11.4. The first kappa shape index (κ1) is 23.3. The molecule has 0 saturated heterocycles. The number of benzene rings is 2. The van der Waals surface area contributed by atoms with Crippen LogP contribution in [0.3, 0.4) is 0 Å². The molecule has 3 aromatic rings. The molecule has 1 aromatic heterocycles. The van der Waals surface area contributed by atoms with Crippen LogP contribution in [0.25, 0.3) is 11.3 Å². The molecule has 32 heavy (non-hydrogen) atoms. The number of aromatic nitrogens is 2. The molecule has 9 heteroatoms. The molecule has 0 saturated carbocycles. The van der Waals surface area contributed by atoms with Crippen molar-refractivity contribution in [2.45, 2.75) is 12.8 Å². The third-order valence-corrected chi connectivity index (χ3v) is 4.49. The maximum Gasteiger partial charge on any atom is 0.573 e. The Labute approximate surface area is 185 Å². The fraction of sp³-hybridized carbons (Fsp3) is 0.304. The van der Waals surface area contributed by atoms with E-state index in [9.17, 15) is 13.2 Å². The fourth-order valence-corrected chi connectivity index (χ4v) is 2.99. The molecule has 0 unspecified atom stereocenters. The molecule has 0 radical (unpaired) electrons. The highest BCUT2D eigenvalue weighted by atomic mass is 19.4. The molecule has 0 amide bonds. The number of alkyl halides is 3. The number of nitrogens with one attached hydrogen (secondary N) is 2. The zero-order valence-corrected chi connectivity index (χ0v) is 18.0. The van der Waals surface area contributed by atoms with E-state index in [1.807, 2.05) is 49.3 Å². The lowest BCUT2D eigenvalue weighted by atomic mass is 10.1. The first-order valence-corrected chi connectivity index (χ1v) is 10.2. The van der Waals surface area contributed by atoms with Gasteiger partial charge in [-0.1, -0.05) is 42.5 Å². The molecule has 0 spiro atoms. The van der Waals surface area contributed by atoms with E-state index in [0.717, 1.165) is 13.0 Å². The quantitative estimate of drug-likeness (QED) is 0.473. The smallest absolute Gasteiger partial charge is 0.406 e. The minimum Gasteiger partial charge on any atom is -0.406 e. The third kappa shape index (κ3) is 7.73. The zero-order valence-electron chi connectivity index (χ0n) is 18.0. The maximum atomic E-state index is 12.6. The number of anilines is 2. The average molecular weight is 445 g/mol. The molecule has 3 rings (SSSR count). The number of halogens is 3. The summed E-state index contributed by atoms with van der Waals surface area (Å²) in [5.74, 6) is 0.684. The number of likely N-dealkylation sites (N-methyl/N-ethyl adjacent to an activating group) is 1. The van der Waals surface area contributed by atoms with Crippen molar-refractivity contribution in [3.8, 4) is 17.0 Å². The molecule has 2 aromatic carbocycles. The molecule has 0 aliphatic carbocycles. The van der Waals surface area contributed by atoms with Crippen molar-refractivity contribution < 1.29 is 17.9 Å². The van der Waals surface area contributed by atoms with Crippen LogP contribution in [0.5, 0.6) is 5.75 Å². The van der Waals surface area contributed by atoms with E-state index >= 15 is 0 Å². The van der Waals surface area contributed by atoms with Crippen LogP contribution in [0, 0.1) is 0 Å². The summed E-state index contributed by atoms with van der Waals surface area (Å²) in [4.78, 5) is 11.0. The van der Waals surface area contributed by atoms with Gasteiger partial charge in [0.15, 0.2) is 0 Å². The van der Waals surface area contributed by atoms with E-state index in [2.05, 4.69) is 25.3 Å². The Hall–Kier alpha value is -3.33. The van der Waals surface area contributed by atoms with Gasteiger partial charge in [0.25, 0.3) is 0 Å². The van der Waals surface area contributed by atoms with E-state index in [1.165, 1.54) is 23.8 Å². The van der Waals surface area contributed by atoms with Crippen molar-refractivity contribution in [3.63, 3.8) is 0 Å². The van der Waals surface area contributed by atoms with E-state index in [4.69, 9.17) is 0 Å². The summed E-state index contributed by atoms with van der Waals surface area (Å²) in [7, 11) is 3.92. The molecule has 2 N–H and O–H groups in total. The van der Waals surface area contributed by atoms with Gasteiger partial charge in [0.1, 0.15) is 11.6 Å². The first-order chi connectivity index (χ1) is 15.3. The molecular formula is C23H26F3N5O. The van der Waals surface area contributed by atoms with Crippen molar-refractivity contribution in [1.82, 2.24) is 14.9 Å². The van der Waals surface area contributed by atoms with Gasteiger partial charge in [-0.15, -0.1) is 13.2 Å². The minimum atomic E-state index is -4.76. The van der Waals surface area contributed by atoms with Gasteiger partial charge in [0.05, 0.1) is 5.69 Å². The molecule has 170 valence electrons. The third-order valence-electron chi connectivity index (χ3n) is 4.49. The lowest BCUT2D eigenvalue weighted by molar-refractivity contribution is -0.274. The number of hydrogen-bond donors (Lipinski definition) is 2. The SMILES string of the molecule is CN(C)CCNc1nc(NCCc2ccccc2)cc(-c2cccc(OC(F)(F)F)c2)n1. The number of hydrogen-bond acceptors (Lipinski definition) is 6. The molecule has 0 atom stereocenters. The predicted octanol–water partition coefficient (Wildman–Crippen LogP) is 4.67. The van der Waals surface area contributed by atoms with Gasteiger partial charge in [-0.05, 0) is 38.2 Å². The monoisotopic (exact) mass is 445 g/mol. The van der Waals surface area contributed by atoms with E-state index in [1.54, 1.807) is 12.1 Å². The maximum absolute atomic E-state index is 12.6. The highest BCUT2D eigenvalue weighted by Gasteiger charge is 2.31. The van der Waals surface area contributed by atoms with Crippen LogP contribution in [0.1, 0.15) is 5.56 Å². The Bertz CT molecular complexity index is 996. The predicted molar refractivity (Wildman–Crippen MR) is 120 cm³/mol. The second-order valence-electron chi connectivity index (χ2n) is 7.43. The summed E-state index contributed by atoms with van der Waals surface area (Å²) in [5, 5.41) is 6.46. The molecule has 0 aliphatic heterocycles. The van der Waals surface area contributed by atoms with Crippen LogP contribution in [0.4, 0.5) is 24.9 Å². The van der Waals surface area contributed by atoms with Gasteiger partial charge >= 0.3 is 6.36 Å². The topological polar surface area (TPSA) is 62.3 Å². The van der Waals surface area contributed by atoms with Crippen molar-refractivity contribution >= 4 is 11.8 Å². The van der Waals surface area contributed by atoms with Crippen molar-refractivity contribution in [3.05, 3.63) is 66.2 Å². The van der Waals surface area contributed by atoms with Gasteiger partial charge in [-0.25, -0.2) is 4.98 Å². The highest BCUT2D eigenvalue weighted by Crippen LogP contribution is 2.28. The van der Waals surface area contributed by atoms with Gasteiger partial charge in [0.2, 0.25) is 5.95 Å². The Morgan fingerprint density at radius 2 is 1.69 bits per heavy atom. The van der Waals surface area contributed by atoms with E-state index in [0.29, 0.717) is 36.1 Å². The zero-order chi connectivity index (χ0) is 23.0. The summed E-state index contributed by atoms with van der Waals surface area (Å²) in [5.41, 5.74) is 2.17. The van der Waals surface area contributed by atoms with Crippen LogP contribution in [-0.2, 0) is 6.42 Å². The van der Waals surface area contributed by atoms with E-state index in [-0.39, 0.29) is 5.75 Å². The number of ether oxygens (including phenoxy) is 1. The minimum absolute atomic E-state index is 0.297. The van der Waals surface area contributed by atoms with Crippen molar-refractivity contribution in [1.29, 1.82) is 0 Å². The molecule has 6 nitrogen and oxygen atoms in total. The second kappa shape index (κ2) is 10.8. The lowest BCUT2D eigenvalue weighted by Crippen LogP contribution is -2.21. The molecule has 1 heterocycles. The summed E-state index contributed by atoms with van der Waals surface area (Å²) < 4.78 is 41.9. The van der Waals surface area contributed by atoms with Crippen LogP contribution < -0.4 is 15.4 Å². The number of nitrogens with zero attached hydrogens (tertiary/aromatic N) is 3. The highest BCUT2D eigenvalue weighted by molar-refractivity contribution is 5.66. The Morgan fingerprint density at radius 3 is 2.41 bits per heavy atom.